The molecule has 0 saturated carbocycles. The molecule has 0 aliphatic carbocycles. The predicted octanol–water partition coefficient (Wildman–Crippen LogP) is 1.25. The van der Waals surface area contributed by atoms with Crippen molar-refractivity contribution >= 4 is 22.4 Å². The first-order chi connectivity index (χ1) is 12.2. The molecule has 3 aromatic rings. The predicted molar refractivity (Wildman–Crippen MR) is 91.5 cm³/mol. The average Bonchev–Trinajstić information content (AvgIpc) is 3.25. The van der Waals surface area contributed by atoms with Gasteiger partial charge in [0.1, 0.15) is 5.01 Å². The number of rotatable bonds is 8. The molecular weight excluding hydrogens is 342 g/mol. The van der Waals surface area contributed by atoms with Crippen LogP contribution in [0.2, 0.25) is 0 Å². The second kappa shape index (κ2) is 8.29. The number of anilines is 1. The molecule has 130 valence electrons. The van der Waals surface area contributed by atoms with Gasteiger partial charge in [0, 0.05) is 43.8 Å². The van der Waals surface area contributed by atoms with Crippen LogP contribution < -0.4 is 11.1 Å². The quantitative estimate of drug-likeness (QED) is 0.614. The Morgan fingerprint density at radius 2 is 2.24 bits per heavy atom. The fourth-order valence-electron chi connectivity index (χ4n) is 2.13. The summed E-state index contributed by atoms with van der Waals surface area (Å²) in [5.41, 5.74) is 6.30. The van der Waals surface area contributed by atoms with Gasteiger partial charge in [-0.15, -0.1) is 10.2 Å². The number of aromatic nitrogens is 5. The highest BCUT2D eigenvalue weighted by Crippen LogP contribution is 2.14. The van der Waals surface area contributed by atoms with Gasteiger partial charge < -0.3 is 15.6 Å². The van der Waals surface area contributed by atoms with Crippen LogP contribution in [0, 0.1) is 0 Å². The Bertz CT molecular complexity index is 818. The van der Waals surface area contributed by atoms with Crippen LogP contribution in [0.5, 0.6) is 0 Å². The minimum absolute atomic E-state index is 0.0236. The van der Waals surface area contributed by atoms with E-state index < -0.39 is 0 Å². The molecule has 0 unspecified atom stereocenters. The van der Waals surface area contributed by atoms with Crippen molar-refractivity contribution in [1.82, 2.24) is 30.6 Å². The molecule has 3 heterocycles. The maximum atomic E-state index is 11.8. The molecule has 25 heavy (non-hydrogen) atoms. The smallest absolute Gasteiger partial charge is 0.226 e. The summed E-state index contributed by atoms with van der Waals surface area (Å²) in [6.45, 7) is 0.513. The second-order valence-electron chi connectivity index (χ2n) is 5.24. The van der Waals surface area contributed by atoms with Gasteiger partial charge in [-0.2, -0.15) is 4.98 Å². The third kappa shape index (κ3) is 5.05. The molecule has 0 aliphatic rings. The lowest BCUT2D eigenvalue weighted by Gasteiger charge is -2.02. The van der Waals surface area contributed by atoms with Crippen LogP contribution in [0.15, 0.2) is 29.0 Å². The van der Waals surface area contributed by atoms with E-state index in [1.807, 2.05) is 12.1 Å². The molecule has 0 bridgehead atoms. The van der Waals surface area contributed by atoms with E-state index in [4.69, 9.17) is 10.3 Å². The number of carbonyl (C=O) groups excluding carboxylic acids is 1. The molecular formula is C15H17N7O2S. The molecule has 0 aromatic carbocycles. The molecule has 0 atom stereocenters. The zero-order chi connectivity index (χ0) is 17.5. The maximum absolute atomic E-state index is 11.8. The lowest BCUT2D eigenvalue weighted by Crippen LogP contribution is -2.25. The van der Waals surface area contributed by atoms with Crippen molar-refractivity contribution in [2.75, 3.05) is 12.3 Å². The first-order valence-electron chi connectivity index (χ1n) is 7.78. The maximum Gasteiger partial charge on any atom is 0.226 e. The van der Waals surface area contributed by atoms with Crippen molar-refractivity contribution in [3.8, 4) is 11.4 Å². The van der Waals surface area contributed by atoms with Gasteiger partial charge in [0.05, 0.1) is 0 Å². The van der Waals surface area contributed by atoms with Gasteiger partial charge in [-0.05, 0) is 18.6 Å². The van der Waals surface area contributed by atoms with Crippen LogP contribution in [0.25, 0.3) is 11.4 Å². The Hall–Kier alpha value is -2.88. The Labute approximate surface area is 147 Å². The van der Waals surface area contributed by atoms with Crippen molar-refractivity contribution in [3.05, 3.63) is 35.4 Å². The van der Waals surface area contributed by atoms with Crippen LogP contribution >= 0.6 is 11.3 Å². The van der Waals surface area contributed by atoms with Crippen molar-refractivity contribution < 1.29 is 9.32 Å². The topological polar surface area (TPSA) is 133 Å². The number of nitrogens with two attached hydrogens (primary N) is 1. The van der Waals surface area contributed by atoms with E-state index in [0.29, 0.717) is 49.1 Å². The minimum atomic E-state index is -0.0236. The Morgan fingerprint density at radius 1 is 1.32 bits per heavy atom. The van der Waals surface area contributed by atoms with Gasteiger partial charge in [-0.25, -0.2) is 0 Å². The SMILES string of the molecule is Nc1nnc(CCNC(=O)CCCc2nc(-c3cccnc3)no2)s1. The monoisotopic (exact) mass is 359 g/mol. The summed E-state index contributed by atoms with van der Waals surface area (Å²) < 4.78 is 5.20. The molecule has 3 N–H and O–H groups in total. The van der Waals surface area contributed by atoms with Crippen molar-refractivity contribution in [1.29, 1.82) is 0 Å². The van der Waals surface area contributed by atoms with Crippen molar-refractivity contribution in [2.24, 2.45) is 0 Å². The molecule has 0 radical (unpaired) electrons. The number of nitrogens with zero attached hydrogens (tertiary/aromatic N) is 5. The molecule has 3 rings (SSSR count). The molecule has 3 aromatic heterocycles. The Kier molecular flexibility index (Phi) is 5.62. The number of aryl methyl sites for hydroxylation is 1. The summed E-state index contributed by atoms with van der Waals surface area (Å²) in [4.78, 5) is 20.1. The highest BCUT2D eigenvalue weighted by Gasteiger charge is 2.10. The number of pyridine rings is 1. The molecule has 0 fully saturated rings. The van der Waals surface area contributed by atoms with Crippen LogP contribution in [0.4, 0.5) is 5.13 Å². The zero-order valence-electron chi connectivity index (χ0n) is 13.4. The lowest BCUT2D eigenvalue weighted by atomic mass is 10.2. The summed E-state index contributed by atoms with van der Waals surface area (Å²) in [5.74, 6) is 0.990. The van der Waals surface area contributed by atoms with Crippen LogP contribution in [0.1, 0.15) is 23.7 Å². The van der Waals surface area contributed by atoms with Gasteiger partial charge in [0.25, 0.3) is 0 Å². The third-order valence-electron chi connectivity index (χ3n) is 3.33. The molecule has 0 spiro atoms. The number of carbonyl (C=O) groups is 1. The van der Waals surface area contributed by atoms with Crippen molar-refractivity contribution in [2.45, 2.75) is 25.7 Å². The summed E-state index contributed by atoms with van der Waals surface area (Å²) in [7, 11) is 0. The first kappa shape index (κ1) is 17.0. The zero-order valence-corrected chi connectivity index (χ0v) is 14.2. The fraction of sp³-hybridized carbons (Fsp3) is 0.333. The first-order valence-corrected chi connectivity index (χ1v) is 8.60. The van der Waals surface area contributed by atoms with E-state index in [2.05, 4.69) is 30.6 Å². The number of hydrogen-bond acceptors (Lipinski definition) is 9. The fourth-order valence-corrected chi connectivity index (χ4v) is 2.74. The van der Waals surface area contributed by atoms with Gasteiger partial charge in [0.2, 0.25) is 22.8 Å². The highest BCUT2D eigenvalue weighted by atomic mass is 32.1. The average molecular weight is 359 g/mol. The molecule has 1 amide bonds. The van der Waals surface area contributed by atoms with Crippen LogP contribution in [-0.2, 0) is 17.6 Å². The molecule has 0 aliphatic heterocycles. The number of hydrogen-bond donors (Lipinski definition) is 2. The minimum Gasteiger partial charge on any atom is -0.374 e. The summed E-state index contributed by atoms with van der Waals surface area (Å²) in [6.07, 6.45) is 5.55. The van der Waals surface area contributed by atoms with Gasteiger partial charge in [-0.1, -0.05) is 16.5 Å². The second-order valence-corrected chi connectivity index (χ2v) is 6.33. The van der Waals surface area contributed by atoms with E-state index in [1.165, 1.54) is 11.3 Å². The lowest BCUT2D eigenvalue weighted by molar-refractivity contribution is -0.121. The van der Waals surface area contributed by atoms with E-state index >= 15 is 0 Å². The van der Waals surface area contributed by atoms with E-state index in [0.717, 1.165) is 10.6 Å². The van der Waals surface area contributed by atoms with Gasteiger partial charge >= 0.3 is 0 Å². The number of amides is 1. The largest absolute Gasteiger partial charge is 0.374 e. The normalized spacial score (nSPS) is 10.7. The third-order valence-corrected chi connectivity index (χ3v) is 4.14. The summed E-state index contributed by atoms with van der Waals surface area (Å²) in [6, 6.07) is 3.67. The highest BCUT2D eigenvalue weighted by molar-refractivity contribution is 7.15. The van der Waals surface area contributed by atoms with Gasteiger partial charge in [-0.3, -0.25) is 9.78 Å². The van der Waals surface area contributed by atoms with Crippen molar-refractivity contribution in [3.63, 3.8) is 0 Å². The summed E-state index contributed by atoms with van der Waals surface area (Å²) in [5, 5.41) is 15.6. The van der Waals surface area contributed by atoms with Crippen LogP contribution in [0.3, 0.4) is 0 Å². The van der Waals surface area contributed by atoms with E-state index in [-0.39, 0.29) is 5.91 Å². The number of nitrogens with one attached hydrogen (secondary N) is 1. The standard InChI is InChI=1S/C15H17N7O2S/c16-15-21-20-13(25-15)6-8-18-11(23)4-1-5-12-19-14(22-24-12)10-3-2-7-17-9-10/h2-3,7,9H,1,4-6,8H2,(H2,16,21)(H,18,23). The molecule has 10 heteroatoms. The van der Waals surface area contributed by atoms with Crippen LogP contribution in [-0.4, -0.2) is 37.8 Å². The summed E-state index contributed by atoms with van der Waals surface area (Å²) >= 11 is 1.33. The van der Waals surface area contributed by atoms with Gasteiger partial charge in [0.15, 0.2) is 0 Å². The van der Waals surface area contributed by atoms with E-state index in [9.17, 15) is 4.79 Å². The Balaban J connectivity index is 1.36. The number of nitrogen functional groups attached to an aromatic ring is 1. The van der Waals surface area contributed by atoms with E-state index in [1.54, 1.807) is 12.4 Å². The Morgan fingerprint density at radius 3 is 3.00 bits per heavy atom. The molecule has 0 saturated heterocycles. The molecule has 9 nitrogen and oxygen atoms in total.